The van der Waals surface area contributed by atoms with Gasteiger partial charge in [-0.2, -0.15) is 0 Å². The van der Waals surface area contributed by atoms with E-state index in [4.69, 9.17) is 9.47 Å². The molecule has 9 heteroatoms. The third-order valence-corrected chi connectivity index (χ3v) is 6.97. The predicted molar refractivity (Wildman–Crippen MR) is 141 cm³/mol. The van der Waals surface area contributed by atoms with E-state index in [-0.39, 0.29) is 6.54 Å². The number of rotatable bonds is 8. The van der Waals surface area contributed by atoms with Gasteiger partial charge < -0.3 is 19.7 Å². The number of aliphatic hydroxyl groups is 2. The van der Waals surface area contributed by atoms with Gasteiger partial charge in [-0.3, -0.25) is 19.7 Å². The van der Waals surface area contributed by atoms with E-state index in [0.29, 0.717) is 0 Å². The van der Waals surface area contributed by atoms with Crippen molar-refractivity contribution in [2.75, 3.05) is 13.7 Å². The molecular weight excluding hydrogens is 486 g/mol. The second-order valence-corrected chi connectivity index (χ2v) is 9.16. The normalized spacial score (nSPS) is 21.3. The molecule has 1 aliphatic heterocycles. The van der Waals surface area contributed by atoms with Crippen LogP contribution in [0.2, 0.25) is 0 Å². The first-order valence-corrected chi connectivity index (χ1v) is 12.3. The third-order valence-electron chi connectivity index (χ3n) is 6.97. The maximum Gasteiger partial charge on any atom is 0.330 e. The van der Waals surface area contributed by atoms with Gasteiger partial charge in [0.1, 0.15) is 24.1 Å². The van der Waals surface area contributed by atoms with Crippen molar-refractivity contribution in [3.05, 3.63) is 135 Å². The minimum absolute atomic E-state index is 0.128. The molecule has 0 aliphatic carbocycles. The topological polar surface area (TPSA) is 126 Å². The van der Waals surface area contributed by atoms with Gasteiger partial charge >= 0.3 is 5.69 Å². The standard InChI is InChI=1S/C29H29N3O6/c1-37-22-14-12-21(13-15-22)29(19-8-4-2-5-9-19,20-10-6-3-7-11-20)30-18-23-25(34)26(35)27(38-23)32-17-16-24(33)31-28(32)36/h2-17,23,25-27,30,34-35H,18H2,1H3,(H,31,33,36)/t23-,25?,26+,27-/m1/s1. The molecule has 1 aliphatic rings. The molecule has 0 saturated carbocycles. The second kappa shape index (κ2) is 10.8. The van der Waals surface area contributed by atoms with Crippen LogP contribution in [0.15, 0.2) is 107 Å². The van der Waals surface area contributed by atoms with E-state index < -0.39 is 41.3 Å². The smallest absolute Gasteiger partial charge is 0.330 e. The van der Waals surface area contributed by atoms with Crippen LogP contribution in [0.3, 0.4) is 0 Å². The molecule has 0 bridgehead atoms. The summed E-state index contributed by atoms with van der Waals surface area (Å²) in [5, 5.41) is 25.3. The van der Waals surface area contributed by atoms with Gasteiger partial charge in [-0.15, -0.1) is 0 Å². The Labute approximate surface area is 218 Å². The van der Waals surface area contributed by atoms with E-state index in [1.807, 2.05) is 84.9 Å². The summed E-state index contributed by atoms with van der Waals surface area (Å²) in [4.78, 5) is 26.0. The van der Waals surface area contributed by atoms with Crippen molar-refractivity contribution in [2.45, 2.75) is 30.1 Å². The average molecular weight is 516 g/mol. The fourth-order valence-electron chi connectivity index (χ4n) is 5.03. The van der Waals surface area contributed by atoms with E-state index in [1.165, 1.54) is 6.20 Å². The molecule has 0 amide bonds. The highest BCUT2D eigenvalue weighted by Gasteiger charge is 2.45. The molecule has 1 saturated heterocycles. The summed E-state index contributed by atoms with van der Waals surface area (Å²) in [5.74, 6) is 0.718. The van der Waals surface area contributed by atoms with Crippen LogP contribution in [-0.4, -0.2) is 51.7 Å². The molecule has 3 aromatic carbocycles. The molecule has 1 aromatic heterocycles. The van der Waals surface area contributed by atoms with Crippen LogP contribution in [0.25, 0.3) is 0 Å². The number of hydrogen-bond donors (Lipinski definition) is 4. The van der Waals surface area contributed by atoms with Crippen molar-refractivity contribution >= 4 is 0 Å². The lowest BCUT2D eigenvalue weighted by atomic mass is 9.76. The zero-order chi connectivity index (χ0) is 26.7. The number of hydrogen-bond acceptors (Lipinski definition) is 7. The maximum atomic E-state index is 12.3. The number of nitrogens with zero attached hydrogens (tertiary/aromatic N) is 1. The number of aromatic nitrogens is 2. The van der Waals surface area contributed by atoms with Gasteiger partial charge in [-0.1, -0.05) is 72.8 Å². The Morgan fingerprint density at radius 3 is 2.00 bits per heavy atom. The van der Waals surface area contributed by atoms with Crippen molar-refractivity contribution in [2.24, 2.45) is 0 Å². The van der Waals surface area contributed by atoms with Crippen LogP contribution in [0.1, 0.15) is 22.9 Å². The number of aromatic amines is 1. The summed E-state index contributed by atoms with van der Waals surface area (Å²) < 4.78 is 12.4. The van der Waals surface area contributed by atoms with Gasteiger partial charge in [0, 0.05) is 18.8 Å². The molecule has 4 aromatic rings. The summed E-state index contributed by atoms with van der Waals surface area (Å²) in [6, 6.07) is 28.7. The monoisotopic (exact) mass is 515 g/mol. The Kier molecular flexibility index (Phi) is 7.26. The Balaban J connectivity index is 1.54. The molecule has 38 heavy (non-hydrogen) atoms. The van der Waals surface area contributed by atoms with Crippen molar-refractivity contribution in [3.8, 4) is 5.75 Å². The highest BCUT2D eigenvalue weighted by atomic mass is 16.6. The highest BCUT2D eigenvalue weighted by molar-refractivity contribution is 5.50. The Morgan fingerprint density at radius 2 is 1.45 bits per heavy atom. The summed E-state index contributed by atoms with van der Waals surface area (Å²) in [6.07, 6.45) is -3.45. The van der Waals surface area contributed by atoms with Crippen LogP contribution >= 0.6 is 0 Å². The molecule has 0 radical (unpaired) electrons. The molecule has 5 rings (SSSR count). The number of methoxy groups -OCH3 is 1. The van der Waals surface area contributed by atoms with Crippen molar-refractivity contribution in [1.82, 2.24) is 14.9 Å². The Bertz CT molecular complexity index is 1430. The number of aliphatic hydroxyl groups excluding tert-OH is 2. The lowest BCUT2D eigenvalue weighted by molar-refractivity contribution is -0.0400. The number of H-pyrrole nitrogens is 1. The van der Waals surface area contributed by atoms with E-state index in [9.17, 15) is 19.8 Å². The molecular formula is C29H29N3O6. The zero-order valence-electron chi connectivity index (χ0n) is 20.7. The first kappa shape index (κ1) is 25.6. The minimum atomic E-state index is -1.38. The summed E-state index contributed by atoms with van der Waals surface area (Å²) >= 11 is 0. The van der Waals surface area contributed by atoms with E-state index in [2.05, 4.69) is 10.3 Å². The SMILES string of the molecule is COc1ccc(C(NC[C@H]2O[C@@H](n3ccc(=O)[nH]c3=O)[C@@H](O)C2O)(c2ccccc2)c2ccccc2)cc1. The lowest BCUT2D eigenvalue weighted by Crippen LogP contribution is -2.49. The first-order valence-electron chi connectivity index (χ1n) is 12.3. The fraction of sp³-hybridized carbons (Fsp3) is 0.241. The number of nitrogens with one attached hydrogen (secondary N) is 2. The maximum absolute atomic E-state index is 12.3. The zero-order valence-corrected chi connectivity index (χ0v) is 20.7. The minimum Gasteiger partial charge on any atom is -0.497 e. The van der Waals surface area contributed by atoms with Crippen LogP contribution in [0, 0.1) is 0 Å². The molecule has 196 valence electrons. The molecule has 1 fully saturated rings. The Hall–Kier alpha value is -4.02. The quantitative estimate of drug-likeness (QED) is 0.264. The van der Waals surface area contributed by atoms with Crippen LogP contribution in [0.5, 0.6) is 5.75 Å². The molecule has 4 N–H and O–H groups in total. The third kappa shape index (κ3) is 4.68. The van der Waals surface area contributed by atoms with Gasteiger partial charge in [-0.25, -0.2) is 4.79 Å². The van der Waals surface area contributed by atoms with Crippen molar-refractivity contribution < 1.29 is 19.7 Å². The predicted octanol–water partition coefficient (Wildman–Crippen LogP) is 1.75. The van der Waals surface area contributed by atoms with Crippen LogP contribution in [-0.2, 0) is 10.3 Å². The Morgan fingerprint density at radius 1 is 0.868 bits per heavy atom. The number of benzene rings is 3. The van der Waals surface area contributed by atoms with Gasteiger partial charge in [-0.05, 0) is 28.8 Å². The van der Waals surface area contributed by atoms with E-state index in [0.717, 1.165) is 33.1 Å². The van der Waals surface area contributed by atoms with Gasteiger partial charge in [0.05, 0.1) is 12.6 Å². The summed E-state index contributed by atoms with van der Waals surface area (Å²) in [7, 11) is 1.61. The van der Waals surface area contributed by atoms with Gasteiger partial charge in [0.25, 0.3) is 5.56 Å². The van der Waals surface area contributed by atoms with Crippen molar-refractivity contribution in [3.63, 3.8) is 0 Å². The molecule has 1 unspecified atom stereocenters. The molecule has 9 nitrogen and oxygen atoms in total. The molecule has 0 spiro atoms. The lowest BCUT2D eigenvalue weighted by Gasteiger charge is -2.38. The largest absolute Gasteiger partial charge is 0.497 e. The summed E-state index contributed by atoms with van der Waals surface area (Å²) in [6.45, 7) is 0.128. The number of ether oxygens (including phenoxy) is 2. The average Bonchev–Trinajstić information content (AvgIpc) is 3.23. The van der Waals surface area contributed by atoms with E-state index >= 15 is 0 Å². The second-order valence-electron chi connectivity index (χ2n) is 9.16. The van der Waals surface area contributed by atoms with Crippen LogP contribution in [0.4, 0.5) is 0 Å². The molecule has 2 heterocycles. The highest BCUT2D eigenvalue weighted by Crippen LogP contribution is 2.38. The van der Waals surface area contributed by atoms with Crippen molar-refractivity contribution in [1.29, 1.82) is 0 Å². The van der Waals surface area contributed by atoms with Gasteiger partial charge in [0.15, 0.2) is 6.23 Å². The van der Waals surface area contributed by atoms with Crippen LogP contribution < -0.4 is 21.3 Å². The first-order chi connectivity index (χ1) is 18.4. The van der Waals surface area contributed by atoms with Gasteiger partial charge in [0.2, 0.25) is 0 Å². The summed E-state index contributed by atoms with van der Waals surface area (Å²) in [5.41, 5.74) is 0.694. The fourth-order valence-corrected chi connectivity index (χ4v) is 5.03. The molecule has 4 atom stereocenters. The van der Waals surface area contributed by atoms with E-state index in [1.54, 1.807) is 7.11 Å².